The van der Waals surface area contributed by atoms with Crippen molar-refractivity contribution < 1.29 is 14.6 Å². The van der Waals surface area contributed by atoms with Crippen molar-refractivity contribution in [3.05, 3.63) is 29.8 Å². The van der Waals surface area contributed by atoms with Gasteiger partial charge in [-0.25, -0.2) is 5.84 Å². The van der Waals surface area contributed by atoms with Crippen LogP contribution < -0.4 is 16.0 Å². The van der Waals surface area contributed by atoms with Crippen LogP contribution in [0, 0.1) is 0 Å². The van der Waals surface area contributed by atoms with Gasteiger partial charge in [-0.2, -0.15) is 0 Å². The molecule has 0 heterocycles. The highest BCUT2D eigenvalue weighted by Crippen LogP contribution is 2.13. The van der Waals surface area contributed by atoms with Crippen molar-refractivity contribution in [2.45, 2.75) is 32.1 Å². The number of hydrogen-bond acceptors (Lipinski definition) is 4. The lowest BCUT2D eigenvalue weighted by Gasteiger charge is -2.07. The molecule has 0 aromatic heterocycles. The minimum atomic E-state index is -0.125. The van der Waals surface area contributed by atoms with Crippen LogP contribution in [0.15, 0.2) is 24.3 Å². The van der Waals surface area contributed by atoms with Gasteiger partial charge in [-0.3, -0.25) is 10.2 Å². The maximum atomic E-state index is 10.9. The maximum absolute atomic E-state index is 10.9. The summed E-state index contributed by atoms with van der Waals surface area (Å²) in [5, 5.41) is 8.80. The molecule has 106 valence electrons. The summed E-state index contributed by atoms with van der Waals surface area (Å²) in [6.07, 6.45) is 3.81. The molecule has 0 aliphatic rings. The Kier molecular flexibility index (Phi) is 7.62. The molecule has 0 atom stereocenters. The molecule has 1 rings (SSSR count). The maximum Gasteiger partial charge on any atom is 0.233 e. The van der Waals surface area contributed by atoms with Gasteiger partial charge in [0.15, 0.2) is 0 Å². The van der Waals surface area contributed by atoms with Crippen molar-refractivity contribution in [1.29, 1.82) is 0 Å². The molecular weight excluding hydrogens is 244 g/mol. The number of aliphatic hydroxyl groups is 1. The summed E-state index contributed by atoms with van der Waals surface area (Å²) in [7, 11) is 0. The van der Waals surface area contributed by atoms with Gasteiger partial charge >= 0.3 is 0 Å². The van der Waals surface area contributed by atoms with Crippen molar-refractivity contribution >= 4 is 5.91 Å². The number of hydrazine groups is 1. The van der Waals surface area contributed by atoms with Crippen molar-refractivity contribution in [3.63, 3.8) is 0 Å². The Hall–Kier alpha value is -1.59. The molecule has 0 fully saturated rings. The number of ether oxygens (including phenoxy) is 1. The number of unbranched alkanes of at least 4 members (excludes halogenated alkanes) is 2. The van der Waals surface area contributed by atoms with Crippen LogP contribution in [-0.4, -0.2) is 24.2 Å². The average molecular weight is 266 g/mol. The molecule has 0 spiro atoms. The van der Waals surface area contributed by atoms with Gasteiger partial charge in [0, 0.05) is 13.0 Å². The van der Waals surface area contributed by atoms with Crippen LogP contribution in [0.1, 0.15) is 31.2 Å². The monoisotopic (exact) mass is 266 g/mol. The third-order valence-corrected chi connectivity index (χ3v) is 2.80. The third kappa shape index (κ3) is 6.79. The van der Waals surface area contributed by atoms with Crippen LogP contribution in [-0.2, 0) is 11.2 Å². The smallest absolute Gasteiger partial charge is 0.233 e. The topological polar surface area (TPSA) is 84.6 Å². The number of carbonyl (C=O) groups is 1. The van der Waals surface area contributed by atoms with Crippen LogP contribution in [0.2, 0.25) is 0 Å². The molecule has 0 aliphatic carbocycles. The first kappa shape index (κ1) is 15.5. The second kappa shape index (κ2) is 9.35. The first-order valence-electron chi connectivity index (χ1n) is 6.58. The molecule has 1 aromatic rings. The normalized spacial score (nSPS) is 10.2. The summed E-state index contributed by atoms with van der Waals surface area (Å²) < 4.78 is 5.58. The van der Waals surface area contributed by atoms with Gasteiger partial charge in [-0.1, -0.05) is 12.1 Å². The van der Waals surface area contributed by atoms with Crippen molar-refractivity contribution in [3.8, 4) is 5.75 Å². The van der Waals surface area contributed by atoms with Gasteiger partial charge < -0.3 is 9.84 Å². The summed E-state index contributed by atoms with van der Waals surface area (Å²) in [4.78, 5) is 10.9. The minimum Gasteiger partial charge on any atom is -0.494 e. The van der Waals surface area contributed by atoms with Crippen molar-refractivity contribution in [2.75, 3.05) is 13.2 Å². The molecule has 0 unspecified atom stereocenters. The van der Waals surface area contributed by atoms with E-state index in [0.717, 1.165) is 30.6 Å². The average Bonchev–Trinajstić information content (AvgIpc) is 2.44. The highest BCUT2D eigenvalue weighted by atomic mass is 16.5. The fourth-order valence-electron chi connectivity index (χ4n) is 1.71. The minimum absolute atomic E-state index is 0.125. The van der Waals surface area contributed by atoms with E-state index in [0.29, 0.717) is 19.4 Å². The summed E-state index contributed by atoms with van der Waals surface area (Å²) in [5.41, 5.74) is 3.21. The second-order valence-electron chi connectivity index (χ2n) is 4.34. The van der Waals surface area contributed by atoms with Crippen molar-refractivity contribution in [2.24, 2.45) is 5.84 Å². The van der Waals surface area contributed by atoms with Gasteiger partial charge in [0.1, 0.15) is 5.75 Å². The van der Waals surface area contributed by atoms with E-state index < -0.39 is 0 Å². The molecule has 5 nitrogen and oxygen atoms in total. The van der Waals surface area contributed by atoms with Gasteiger partial charge in [0.05, 0.1) is 6.61 Å². The molecular formula is C14H22N2O3. The van der Waals surface area contributed by atoms with Crippen LogP contribution in [0.4, 0.5) is 0 Å². The molecule has 0 aliphatic heterocycles. The Morgan fingerprint density at radius 1 is 1.21 bits per heavy atom. The molecule has 1 amide bonds. The lowest BCUT2D eigenvalue weighted by molar-refractivity contribution is -0.121. The van der Waals surface area contributed by atoms with E-state index in [1.165, 1.54) is 0 Å². The number of amides is 1. The molecule has 4 N–H and O–H groups in total. The first-order valence-corrected chi connectivity index (χ1v) is 6.58. The van der Waals surface area contributed by atoms with Gasteiger partial charge in [0.2, 0.25) is 5.91 Å². The second-order valence-corrected chi connectivity index (χ2v) is 4.34. The van der Waals surface area contributed by atoms with E-state index >= 15 is 0 Å². The molecule has 1 aromatic carbocycles. The predicted octanol–water partition coefficient (Wildman–Crippen LogP) is 1.15. The van der Waals surface area contributed by atoms with Crippen LogP contribution >= 0.6 is 0 Å². The van der Waals surface area contributed by atoms with E-state index in [1.54, 1.807) is 0 Å². The number of carbonyl (C=O) groups excluding carboxylic acids is 1. The summed E-state index contributed by atoms with van der Waals surface area (Å²) in [6.45, 7) is 0.806. The molecule has 0 saturated heterocycles. The van der Waals surface area contributed by atoms with E-state index in [4.69, 9.17) is 15.7 Å². The van der Waals surface area contributed by atoms with Crippen molar-refractivity contribution in [1.82, 2.24) is 5.43 Å². The fraction of sp³-hybridized carbons (Fsp3) is 0.500. The zero-order chi connectivity index (χ0) is 13.9. The van der Waals surface area contributed by atoms with Gasteiger partial charge in [-0.15, -0.1) is 0 Å². The van der Waals surface area contributed by atoms with Gasteiger partial charge in [0.25, 0.3) is 0 Å². The highest BCUT2D eigenvalue weighted by molar-refractivity contribution is 5.74. The quantitative estimate of drug-likeness (QED) is 0.271. The third-order valence-electron chi connectivity index (χ3n) is 2.80. The number of benzene rings is 1. The predicted molar refractivity (Wildman–Crippen MR) is 73.5 cm³/mol. The molecule has 0 bridgehead atoms. The number of hydrogen-bond donors (Lipinski definition) is 3. The number of rotatable bonds is 9. The number of aliphatic hydroxyl groups excluding tert-OH is 1. The van der Waals surface area contributed by atoms with Crippen LogP contribution in [0.25, 0.3) is 0 Å². The summed E-state index contributed by atoms with van der Waals surface area (Å²) in [5.74, 6) is 5.69. The highest BCUT2D eigenvalue weighted by Gasteiger charge is 1.99. The van der Waals surface area contributed by atoms with E-state index in [9.17, 15) is 4.79 Å². The van der Waals surface area contributed by atoms with Gasteiger partial charge in [-0.05, 0) is 43.4 Å². The van der Waals surface area contributed by atoms with Crippen LogP contribution in [0.5, 0.6) is 5.75 Å². The Labute approximate surface area is 113 Å². The Bertz CT molecular complexity index is 365. The zero-order valence-corrected chi connectivity index (χ0v) is 11.1. The fourth-order valence-corrected chi connectivity index (χ4v) is 1.71. The largest absolute Gasteiger partial charge is 0.494 e. The number of nitrogens with two attached hydrogens (primary N) is 1. The molecule has 0 saturated carbocycles. The van der Waals surface area contributed by atoms with E-state index in [2.05, 4.69) is 5.43 Å². The summed E-state index contributed by atoms with van der Waals surface area (Å²) >= 11 is 0. The Balaban J connectivity index is 2.10. The first-order chi connectivity index (χ1) is 9.26. The standard InChI is InChI=1S/C14H22N2O3/c15-16-14(18)4-2-1-3-11-19-13-7-5-12(6-8-13)9-10-17/h5-8,17H,1-4,9-11,15H2,(H,16,18). The molecule has 19 heavy (non-hydrogen) atoms. The van der Waals surface area contributed by atoms with E-state index in [-0.39, 0.29) is 12.5 Å². The lowest BCUT2D eigenvalue weighted by atomic mass is 10.1. The summed E-state index contributed by atoms with van der Waals surface area (Å²) in [6, 6.07) is 7.73. The zero-order valence-electron chi connectivity index (χ0n) is 11.1. The van der Waals surface area contributed by atoms with Crippen LogP contribution in [0.3, 0.4) is 0 Å². The molecule has 0 radical (unpaired) electrons. The number of nitrogens with one attached hydrogen (secondary N) is 1. The molecule has 5 heteroatoms. The Morgan fingerprint density at radius 2 is 1.95 bits per heavy atom. The van der Waals surface area contributed by atoms with E-state index in [1.807, 2.05) is 24.3 Å². The lowest BCUT2D eigenvalue weighted by Crippen LogP contribution is -2.29. The SMILES string of the molecule is NNC(=O)CCCCCOc1ccc(CCO)cc1. The Morgan fingerprint density at radius 3 is 2.58 bits per heavy atom.